The first-order valence-electron chi connectivity index (χ1n) is 3.04. The van der Waals surface area contributed by atoms with E-state index in [2.05, 4.69) is 0 Å². The maximum Gasteiger partial charge on any atom is 0.296 e. The van der Waals surface area contributed by atoms with Crippen LogP contribution in [-0.2, 0) is 10.1 Å². The largest absolute Gasteiger partial charge is 0.399 e. The average Bonchev–Trinajstić information content (AvgIpc) is 1.92. The Bertz CT molecular complexity index is 404. The molecule has 0 saturated carbocycles. The van der Waals surface area contributed by atoms with E-state index in [4.69, 9.17) is 16.0 Å². The number of anilines is 2. The molecule has 0 aliphatic carbocycles. The number of hydrogen-bond donors (Lipinski definition) is 3. The minimum atomic E-state index is -4.26. The molecule has 1 radical (unpaired) electrons. The molecule has 13 heavy (non-hydrogen) atoms. The summed E-state index contributed by atoms with van der Waals surface area (Å²) in [5, 5.41) is 0. The zero-order chi connectivity index (χ0) is 9.35. The Hall–Kier alpha value is -0.270. The SMILES string of the molecule is Nc1ccc(N)c(S(=O)(=O)O)c1.[Na]. The van der Waals surface area contributed by atoms with Crippen LogP contribution in [0.25, 0.3) is 0 Å². The van der Waals surface area contributed by atoms with Crippen LogP contribution in [0, 0.1) is 0 Å². The number of rotatable bonds is 1. The van der Waals surface area contributed by atoms with Crippen molar-refractivity contribution in [1.29, 1.82) is 0 Å². The molecule has 0 saturated heterocycles. The van der Waals surface area contributed by atoms with Crippen molar-refractivity contribution in [1.82, 2.24) is 0 Å². The fourth-order valence-electron chi connectivity index (χ4n) is 0.774. The first-order valence-corrected chi connectivity index (χ1v) is 4.48. The molecule has 7 heteroatoms. The van der Waals surface area contributed by atoms with Crippen molar-refractivity contribution >= 4 is 51.1 Å². The molecule has 1 aromatic carbocycles. The van der Waals surface area contributed by atoms with Crippen molar-refractivity contribution < 1.29 is 13.0 Å². The summed E-state index contributed by atoms with van der Waals surface area (Å²) in [4.78, 5) is -0.359. The van der Waals surface area contributed by atoms with Gasteiger partial charge in [0.2, 0.25) is 0 Å². The molecule has 0 atom stereocenters. The van der Waals surface area contributed by atoms with Gasteiger partial charge in [0.1, 0.15) is 4.90 Å². The third-order valence-electron chi connectivity index (χ3n) is 1.32. The van der Waals surface area contributed by atoms with Gasteiger partial charge in [0.15, 0.2) is 0 Å². The van der Waals surface area contributed by atoms with Gasteiger partial charge in [-0.1, -0.05) is 0 Å². The van der Waals surface area contributed by atoms with E-state index in [1.165, 1.54) is 12.1 Å². The van der Waals surface area contributed by atoms with Gasteiger partial charge in [0, 0.05) is 35.2 Å². The summed E-state index contributed by atoms with van der Waals surface area (Å²) in [6, 6.07) is 3.87. The van der Waals surface area contributed by atoms with Crippen LogP contribution in [0.5, 0.6) is 0 Å². The molecular weight excluding hydrogens is 203 g/mol. The molecule has 0 heterocycles. The predicted molar refractivity (Wildman–Crippen MR) is 50.8 cm³/mol. The topological polar surface area (TPSA) is 106 Å². The normalized spacial score (nSPS) is 10.5. The number of nitrogen functional groups attached to an aromatic ring is 2. The first kappa shape index (κ1) is 12.7. The van der Waals surface area contributed by atoms with Gasteiger partial charge in [-0.2, -0.15) is 8.42 Å². The summed E-state index contributed by atoms with van der Waals surface area (Å²) in [6.45, 7) is 0. The molecule has 67 valence electrons. The molecule has 0 aliphatic rings. The molecule has 5 nitrogen and oxygen atoms in total. The summed E-state index contributed by atoms with van der Waals surface area (Å²) in [7, 11) is -4.26. The van der Waals surface area contributed by atoms with Crippen molar-refractivity contribution in [3.8, 4) is 0 Å². The minimum Gasteiger partial charge on any atom is -0.399 e. The van der Waals surface area contributed by atoms with Gasteiger partial charge in [-0.25, -0.2) is 0 Å². The minimum absolute atomic E-state index is 0. The average molecular weight is 211 g/mol. The van der Waals surface area contributed by atoms with Crippen LogP contribution in [0.1, 0.15) is 0 Å². The van der Waals surface area contributed by atoms with E-state index in [0.717, 1.165) is 6.07 Å². The summed E-state index contributed by atoms with van der Waals surface area (Å²) in [6.07, 6.45) is 0. The number of nitrogens with two attached hydrogens (primary N) is 2. The second kappa shape index (κ2) is 4.30. The Morgan fingerprint density at radius 2 is 1.77 bits per heavy atom. The molecule has 0 spiro atoms. The molecule has 5 N–H and O–H groups in total. The quantitative estimate of drug-likeness (QED) is 0.336. The van der Waals surface area contributed by atoms with Gasteiger partial charge >= 0.3 is 0 Å². The van der Waals surface area contributed by atoms with Crippen LogP contribution in [0.4, 0.5) is 11.4 Å². The molecule has 0 aliphatic heterocycles. The van der Waals surface area contributed by atoms with E-state index in [-0.39, 0.29) is 45.8 Å². The van der Waals surface area contributed by atoms with Crippen molar-refractivity contribution in [2.45, 2.75) is 4.90 Å². The maximum atomic E-state index is 10.6. The third kappa shape index (κ3) is 3.17. The van der Waals surface area contributed by atoms with Gasteiger partial charge < -0.3 is 11.5 Å². The van der Waals surface area contributed by atoms with Gasteiger partial charge in [-0.15, -0.1) is 0 Å². The fraction of sp³-hybridized carbons (Fsp3) is 0. The van der Waals surface area contributed by atoms with Crippen LogP contribution >= 0.6 is 0 Å². The molecule has 0 bridgehead atoms. The summed E-state index contributed by atoms with van der Waals surface area (Å²) < 4.78 is 29.9. The fourth-order valence-corrected chi connectivity index (χ4v) is 1.43. The third-order valence-corrected chi connectivity index (χ3v) is 2.22. The van der Waals surface area contributed by atoms with Gasteiger partial charge in [0.05, 0.1) is 5.69 Å². The van der Waals surface area contributed by atoms with Gasteiger partial charge in [-0.3, -0.25) is 4.55 Å². The standard InChI is InChI=1S/C6H8N2O3S.Na/c7-4-1-2-5(8)6(3-4)12(9,10)11;/h1-3H,7-8H2,(H,9,10,11);. The van der Waals surface area contributed by atoms with E-state index in [9.17, 15) is 8.42 Å². The number of hydrogen-bond acceptors (Lipinski definition) is 4. The monoisotopic (exact) mass is 211 g/mol. The van der Waals surface area contributed by atoms with Crippen molar-refractivity contribution in [3.05, 3.63) is 18.2 Å². The first-order chi connectivity index (χ1) is 5.41. The Morgan fingerprint density at radius 1 is 1.23 bits per heavy atom. The zero-order valence-electron chi connectivity index (χ0n) is 7.06. The molecule has 0 amide bonds. The van der Waals surface area contributed by atoms with Crippen LogP contribution < -0.4 is 11.5 Å². The van der Waals surface area contributed by atoms with Crippen molar-refractivity contribution in [3.63, 3.8) is 0 Å². The predicted octanol–water partition coefficient (Wildman–Crippen LogP) is -0.283. The molecule has 0 unspecified atom stereocenters. The summed E-state index contributed by atoms with van der Waals surface area (Å²) >= 11 is 0. The van der Waals surface area contributed by atoms with Crippen LogP contribution in [0.3, 0.4) is 0 Å². The second-order valence-corrected chi connectivity index (χ2v) is 3.66. The Morgan fingerprint density at radius 3 is 2.15 bits per heavy atom. The van der Waals surface area contributed by atoms with Crippen molar-refractivity contribution in [2.75, 3.05) is 11.5 Å². The molecule has 1 aromatic rings. The van der Waals surface area contributed by atoms with E-state index in [1.807, 2.05) is 0 Å². The molecular formula is C6H8N2NaO3S. The Kier molecular flexibility index (Phi) is 4.21. The van der Waals surface area contributed by atoms with Gasteiger partial charge in [0.25, 0.3) is 10.1 Å². The summed E-state index contributed by atoms with van der Waals surface area (Å²) in [5.74, 6) is 0. The molecule has 0 aromatic heterocycles. The van der Waals surface area contributed by atoms with Gasteiger partial charge in [-0.05, 0) is 18.2 Å². The molecule has 1 rings (SSSR count). The smallest absolute Gasteiger partial charge is 0.296 e. The van der Waals surface area contributed by atoms with Crippen LogP contribution in [0.2, 0.25) is 0 Å². The van der Waals surface area contributed by atoms with E-state index < -0.39 is 10.1 Å². The zero-order valence-corrected chi connectivity index (χ0v) is 9.88. The maximum absolute atomic E-state index is 10.6. The second-order valence-electron chi connectivity index (χ2n) is 2.27. The van der Waals surface area contributed by atoms with Crippen LogP contribution in [0.15, 0.2) is 23.1 Å². The Balaban J connectivity index is 0.00000144. The Labute approximate surface area is 98.2 Å². The van der Waals surface area contributed by atoms with Crippen LogP contribution in [-0.4, -0.2) is 42.5 Å². The van der Waals surface area contributed by atoms with E-state index in [1.54, 1.807) is 0 Å². The van der Waals surface area contributed by atoms with Crippen molar-refractivity contribution in [2.24, 2.45) is 0 Å². The summed E-state index contributed by atoms with van der Waals surface area (Å²) in [5.41, 5.74) is 10.8. The van der Waals surface area contributed by atoms with E-state index in [0.29, 0.717) is 0 Å². The van der Waals surface area contributed by atoms with E-state index >= 15 is 0 Å². The number of benzene rings is 1. The molecule has 0 fully saturated rings.